The highest BCUT2D eigenvalue weighted by atomic mass is 35.5. The zero-order chi connectivity index (χ0) is 20.9. The van der Waals surface area contributed by atoms with E-state index in [1.54, 1.807) is 25.3 Å². The normalized spacial score (nSPS) is 20.8. The van der Waals surface area contributed by atoms with Crippen molar-refractivity contribution in [2.75, 3.05) is 0 Å². The highest BCUT2D eigenvalue weighted by molar-refractivity contribution is 7.98. The predicted molar refractivity (Wildman–Crippen MR) is 116 cm³/mol. The lowest BCUT2D eigenvalue weighted by Crippen LogP contribution is -2.36. The fourth-order valence-corrected chi connectivity index (χ4v) is 4.72. The molecule has 1 aliphatic carbocycles. The Morgan fingerprint density at radius 2 is 1.82 bits per heavy atom. The zero-order valence-electron chi connectivity index (χ0n) is 16.1. The number of carbonyl (C=O) groups is 1. The van der Waals surface area contributed by atoms with Crippen LogP contribution in [0.2, 0.25) is 5.02 Å². The van der Waals surface area contributed by atoms with Gasteiger partial charge in [0.2, 0.25) is 0 Å². The molecule has 8 heteroatoms. The van der Waals surface area contributed by atoms with Crippen LogP contribution in [-0.2, 0) is 11.3 Å². The molecule has 1 atom stereocenters. The van der Waals surface area contributed by atoms with Crippen LogP contribution in [0.25, 0.3) is 0 Å². The number of halogens is 3. The topological polar surface area (TPSA) is 52.0 Å². The molecule has 3 rings (SSSR count). The Balaban J connectivity index is 1.70. The van der Waals surface area contributed by atoms with Gasteiger partial charge in [0.1, 0.15) is 9.36 Å². The molecule has 0 radical (unpaired) electrons. The van der Waals surface area contributed by atoms with Crippen molar-refractivity contribution in [3.63, 3.8) is 0 Å². The van der Waals surface area contributed by atoms with Crippen LogP contribution in [0, 0.1) is 5.41 Å². The molecular weight excluding hydrogens is 439 g/mol. The van der Waals surface area contributed by atoms with E-state index in [1.807, 2.05) is 32.9 Å². The van der Waals surface area contributed by atoms with Gasteiger partial charge in [-0.15, -0.1) is 35.0 Å². The number of rotatable bonds is 5. The number of benzene rings is 1. The molecule has 0 bridgehead atoms. The van der Waals surface area contributed by atoms with Gasteiger partial charge in [0, 0.05) is 11.3 Å². The first-order valence-corrected chi connectivity index (χ1v) is 10.9. The first kappa shape index (κ1) is 21.7. The summed E-state index contributed by atoms with van der Waals surface area (Å²) >= 11 is 19.9. The van der Waals surface area contributed by atoms with E-state index < -0.39 is 15.3 Å². The fraction of sp³-hybridized carbons (Fsp3) is 0.450. The molecule has 2 aromatic rings. The monoisotopic (exact) mass is 458 g/mol. The maximum absolute atomic E-state index is 12.6. The molecule has 1 unspecified atom stereocenters. The van der Waals surface area contributed by atoms with Crippen molar-refractivity contribution in [2.24, 2.45) is 5.41 Å². The smallest absolute Gasteiger partial charge is 0.287 e. The van der Waals surface area contributed by atoms with E-state index in [4.69, 9.17) is 34.8 Å². The lowest BCUT2D eigenvalue weighted by molar-refractivity contribution is 0.0911. The van der Waals surface area contributed by atoms with Gasteiger partial charge in [0.25, 0.3) is 5.56 Å². The van der Waals surface area contributed by atoms with Gasteiger partial charge in [-0.1, -0.05) is 35.9 Å². The number of hydrogen-bond donors (Lipinski definition) is 0. The highest BCUT2D eigenvalue weighted by Crippen LogP contribution is 2.65. The summed E-state index contributed by atoms with van der Waals surface area (Å²) in [5, 5.41) is 4.41. The summed E-state index contributed by atoms with van der Waals surface area (Å²) in [5.74, 6) is 0.552. The maximum Gasteiger partial charge on any atom is 0.287 e. The summed E-state index contributed by atoms with van der Waals surface area (Å²) in [6.07, 6.45) is 2.08. The van der Waals surface area contributed by atoms with Crippen molar-refractivity contribution in [3.8, 4) is 0 Å². The van der Waals surface area contributed by atoms with E-state index in [9.17, 15) is 9.59 Å². The fourth-order valence-electron chi connectivity index (χ4n) is 2.87. The van der Waals surface area contributed by atoms with Gasteiger partial charge in [-0.05, 0) is 39.7 Å². The summed E-state index contributed by atoms with van der Waals surface area (Å²) < 4.78 is 0.404. The number of Topliss-reactive ketones (excluding diaryl/α,β-unsaturated/α-hetero) is 1. The van der Waals surface area contributed by atoms with Gasteiger partial charge in [0.15, 0.2) is 5.78 Å². The van der Waals surface area contributed by atoms with Crippen LogP contribution in [-0.4, -0.2) is 19.9 Å². The summed E-state index contributed by atoms with van der Waals surface area (Å²) in [4.78, 5) is 25.6. The number of aromatic nitrogens is 2. The van der Waals surface area contributed by atoms with Crippen molar-refractivity contribution in [1.29, 1.82) is 0 Å². The highest BCUT2D eigenvalue weighted by Gasteiger charge is 2.67. The first-order valence-electron chi connectivity index (χ1n) is 8.79. The van der Waals surface area contributed by atoms with Gasteiger partial charge < -0.3 is 0 Å². The number of alkyl halides is 2. The Hall–Kier alpha value is -1.01. The van der Waals surface area contributed by atoms with E-state index in [0.29, 0.717) is 22.6 Å². The minimum atomic E-state index is -0.977. The second-order valence-corrected chi connectivity index (χ2v) is 11.1. The largest absolute Gasteiger partial charge is 0.293 e. The summed E-state index contributed by atoms with van der Waals surface area (Å²) in [6, 6.07) is 7.33. The molecule has 0 saturated heterocycles. The first-order chi connectivity index (χ1) is 12.9. The number of ketones is 1. The Labute approximate surface area is 183 Å². The van der Waals surface area contributed by atoms with Crippen molar-refractivity contribution in [1.82, 2.24) is 9.78 Å². The van der Waals surface area contributed by atoms with Gasteiger partial charge >= 0.3 is 0 Å². The molecule has 0 spiro atoms. The van der Waals surface area contributed by atoms with Gasteiger partial charge in [-0.3, -0.25) is 9.59 Å². The van der Waals surface area contributed by atoms with E-state index in [-0.39, 0.29) is 16.4 Å². The molecule has 150 valence electrons. The van der Waals surface area contributed by atoms with Crippen LogP contribution in [0.5, 0.6) is 0 Å². The van der Waals surface area contributed by atoms with Gasteiger partial charge in [-0.2, -0.15) is 5.10 Å². The average molecular weight is 460 g/mol. The van der Waals surface area contributed by atoms with E-state index >= 15 is 0 Å². The Morgan fingerprint density at radius 1 is 1.25 bits per heavy atom. The van der Waals surface area contributed by atoms with Crippen LogP contribution in [0.3, 0.4) is 0 Å². The predicted octanol–water partition coefficient (Wildman–Crippen LogP) is 5.71. The molecule has 1 aromatic carbocycles. The molecule has 1 heterocycles. The van der Waals surface area contributed by atoms with Crippen LogP contribution in [0.15, 0.2) is 40.2 Å². The third-order valence-corrected chi connectivity index (χ3v) is 7.57. The zero-order valence-corrected chi connectivity index (χ0v) is 19.1. The van der Waals surface area contributed by atoms with Crippen LogP contribution >= 0.6 is 46.6 Å². The quantitative estimate of drug-likeness (QED) is 0.326. The molecule has 0 aliphatic heterocycles. The van der Waals surface area contributed by atoms with Crippen LogP contribution < -0.4 is 5.56 Å². The Kier molecular flexibility index (Phi) is 5.69. The van der Waals surface area contributed by atoms with Crippen molar-refractivity contribution >= 4 is 52.3 Å². The number of thioether (sulfide) groups is 1. The molecule has 1 saturated carbocycles. The molecule has 1 aliphatic rings. The lowest BCUT2D eigenvalue weighted by atomic mass is 9.96. The van der Waals surface area contributed by atoms with E-state index in [0.717, 1.165) is 5.56 Å². The second-order valence-electron chi connectivity index (χ2n) is 8.24. The molecular formula is C20H21Cl3N2O2S. The third kappa shape index (κ3) is 4.00. The third-order valence-electron chi connectivity index (χ3n) is 4.89. The minimum absolute atomic E-state index is 0.0465. The lowest BCUT2D eigenvalue weighted by Gasteiger charge is -2.21. The van der Waals surface area contributed by atoms with Crippen molar-refractivity contribution in [2.45, 2.75) is 54.6 Å². The summed E-state index contributed by atoms with van der Waals surface area (Å²) in [5.41, 5.74) is 0.133. The average Bonchev–Trinajstić information content (AvgIpc) is 3.14. The summed E-state index contributed by atoms with van der Waals surface area (Å²) in [6.45, 7) is 7.48. The maximum atomic E-state index is 12.6. The number of nitrogens with zero attached hydrogens (tertiary/aromatic N) is 2. The standard InChI is InChI=1S/C20H21Cl3N2O2S/c1-18(2,3)25-17(27)15(21)14(9-24-25)28-10-12-5-7-13(8-6-12)16(26)19(4)11-20(19,22)23/h5-9H,10-11H2,1-4H3. The minimum Gasteiger partial charge on any atom is -0.293 e. The Morgan fingerprint density at radius 3 is 2.32 bits per heavy atom. The van der Waals surface area contributed by atoms with Gasteiger partial charge in [-0.25, -0.2) is 4.68 Å². The molecule has 1 fully saturated rings. The second kappa shape index (κ2) is 7.35. The van der Waals surface area contributed by atoms with Crippen molar-refractivity contribution < 1.29 is 4.79 Å². The Bertz CT molecular complexity index is 980. The molecule has 0 amide bonds. The SMILES string of the molecule is CC(C)(C)n1ncc(SCc2ccc(C(=O)C3(C)CC3(Cl)Cl)cc2)c(Cl)c1=O. The van der Waals surface area contributed by atoms with E-state index in [1.165, 1.54) is 16.4 Å². The van der Waals surface area contributed by atoms with Crippen LogP contribution in [0.4, 0.5) is 0 Å². The van der Waals surface area contributed by atoms with Crippen molar-refractivity contribution in [3.05, 3.63) is 57.0 Å². The summed E-state index contributed by atoms with van der Waals surface area (Å²) in [7, 11) is 0. The van der Waals surface area contributed by atoms with E-state index in [2.05, 4.69) is 5.10 Å². The van der Waals surface area contributed by atoms with Crippen LogP contribution in [0.1, 0.15) is 50.0 Å². The number of carbonyl (C=O) groups excluding carboxylic acids is 1. The van der Waals surface area contributed by atoms with Gasteiger partial charge in [0.05, 0.1) is 22.0 Å². The molecule has 1 aromatic heterocycles. The molecule has 0 N–H and O–H groups in total. The number of hydrogen-bond acceptors (Lipinski definition) is 4. The molecule has 28 heavy (non-hydrogen) atoms. The molecule has 4 nitrogen and oxygen atoms in total.